The van der Waals surface area contributed by atoms with E-state index in [2.05, 4.69) is 5.53 Å². The van der Waals surface area contributed by atoms with Gasteiger partial charge in [-0.25, -0.2) is 4.59 Å². The Labute approximate surface area is 43.2 Å². The molecule has 0 aliphatic carbocycles. The van der Waals surface area contributed by atoms with Gasteiger partial charge in [0.15, 0.2) is 0 Å². The van der Waals surface area contributed by atoms with Crippen molar-refractivity contribution in [2.75, 3.05) is 21.1 Å². The maximum absolute atomic E-state index is 8.03. The van der Waals surface area contributed by atoms with Gasteiger partial charge in [-0.2, -0.15) is 0 Å². The zero-order valence-corrected chi connectivity index (χ0v) is 4.89. The van der Waals surface area contributed by atoms with E-state index in [1.807, 2.05) is 26.7 Å². The molecule has 0 aromatic rings. The van der Waals surface area contributed by atoms with Crippen LogP contribution in [0.15, 0.2) is 0 Å². The van der Waals surface area contributed by atoms with Crippen molar-refractivity contribution in [1.29, 1.82) is 0 Å². The van der Waals surface area contributed by atoms with E-state index in [1.165, 1.54) is 0 Å². The molecular weight excluding hydrogens is 94.1 g/mol. The van der Waals surface area contributed by atoms with Crippen LogP contribution in [0.1, 0.15) is 0 Å². The maximum Gasteiger partial charge on any atom is 0.0866 e. The summed E-state index contributed by atoms with van der Waals surface area (Å²) >= 11 is 0. The monoisotopic (exact) mass is 106 g/mol. The molecule has 0 aromatic carbocycles. The number of nitrogens with one attached hydrogen (secondary N) is 2. The molecule has 3 N–H and O–H groups in total. The Hall–Kier alpha value is -0.160. The lowest BCUT2D eigenvalue weighted by Gasteiger charge is -2.21. The van der Waals surface area contributed by atoms with Crippen LogP contribution in [0.2, 0.25) is 0 Å². The third kappa shape index (κ3) is 5.84. The Morgan fingerprint density at radius 3 is 1.71 bits per heavy atom. The molecule has 0 bridgehead atoms. The van der Waals surface area contributed by atoms with Crippen molar-refractivity contribution >= 4 is 0 Å². The second-order valence-corrected chi connectivity index (χ2v) is 2.24. The Bertz CT molecular complexity index is 48.6. The van der Waals surface area contributed by atoms with Crippen molar-refractivity contribution in [3.63, 3.8) is 0 Å². The third-order valence-electron chi connectivity index (χ3n) is 0.385. The van der Waals surface area contributed by atoms with Crippen LogP contribution in [-0.2, 0) is 0 Å². The van der Waals surface area contributed by atoms with Crippen molar-refractivity contribution in [1.82, 2.24) is 11.1 Å². The van der Waals surface area contributed by atoms with Gasteiger partial charge in [0, 0.05) is 0 Å². The predicted octanol–water partition coefficient (Wildman–Crippen LogP) is -0.909. The van der Waals surface area contributed by atoms with E-state index in [4.69, 9.17) is 5.21 Å². The van der Waals surface area contributed by atoms with Crippen molar-refractivity contribution in [3.8, 4) is 0 Å². The average Bonchev–Trinajstić information content (AvgIpc) is 1.30. The molecule has 0 heterocycles. The van der Waals surface area contributed by atoms with Crippen LogP contribution in [0.25, 0.3) is 0 Å². The molecular formula is C3H12N3O+. The van der Waals surface area contributed by atoms with Gasteiger partial charge < -0.3 is 0 Å². The molecule has 0 unspecified atom stereocenters. The summed E-state index contributed by atoms with van der Waals surface area (Å²) in [5.41, 5.74) is 4.36. The van der Waals surface area contributed by atoms with Crippen molar-refractivity contribution in [3.05, 3.63) is 0 Å². The van der Waals surface area contributed by atoms with Crippen LogP contribution in [0, 0.1) is 0 Å². The second kappa shape index (κ2) is 2.23. The smallest absolute Gasteiger partial charge is 0.0866 e. The maximum atomic E-state index is 8.03. The second-order valence-electron chi connectivity index (χ2n) is 2.24. The fourth-order valence-electron chi connectivity index (χ4n) is 0.150. The van der Waals surface area contributed by atoms with Gasteiger partial charge in [0.2, 0.25) is 0 Å². The largest absolute Gasteiger partial charge is 0.298 e. The molecule has 0 spiro atoms. The number of nitrogens with zero attached hydrogens (tertiary/aromatic N) is 1. The number of quaternary nitrogens is 1. The Balaban J connectivity index is 3.15. The van der Waals surface area contributed by atoms with Crippen LogP contribution >= 0.6 is 0 Å². The van der Waals surface area contributed by atoms with E-state index in [-0.39, 0.29) is 0 Å². The predicted molar refractivity (Wildman–Crippen MR) is 26.1 cm³/mol. The molecule has 0 radical (unpaired) electrons. The summed E-state index contributed by atoms with van der Waals surface area (Å²) in [6, 6.07) is 0. The molecule has 0 aliphatic heterocycles. The summed E-state index contributed by atoms with van der Waals surface area (Å²) in [6.45, 7) is 0. The van der Waals surface area contributed by atoms with Crippen LogP contribution in [0.4, 0.5) is 0 Å². The summed E-state index contributed by atoms with van der Waals surface area (Å²) in [6.07, 6.45) is 0. The van der Waals surface area contributed by atoms with Gasteiger partial charge in [-0.05, 0) is 0 Å². The summed E-state index contributed by atoms with van der Waals surface area (Å²) in [4.78, 5) is 0. The molecule has 0 saturated carbocycles. The first-order valence-corrected chi connectivity index (χ1v) is 2.04. The number of hydrogen-bond donors (Lipinski definition) is 3. The normalized spacial score (nSPS) is 12.0. The van der Waals surface area contributed by atoms with E-state index in [9.17, 15) is 0 Å². The van der Waals surface area contributed by atoms with E-state index in [1.54, 1.807) is 0 Å². The fourth-order valence-corrected chi connectivity index (χ4v) is 0.150. The highest BCUT2D eigenvalue weighted by Crippen LogP contribution is 1.73. The van der Waals surface area contributed by atoms with Crippen LogP contribution in [-0.4, -0.2) is 30.9 Å². The lowest BCUT2D eigenvalue weighted by molar-refractivity contribution is -0.924. The first-order valence-electron chi connectivity index (χ1n) is 2.04. The molecule has 0 amide bonds. The van der Waals surface area contributed by atoms with Gasteiger partial charge in [0.25, 0.3) is 0 Å². The van der Waals surface area contributed by atoms with Crippen LogP contribution < -0.4 is 11.1 Å². The SMILES string of the molecule is C[N+](C)(C)NNO. The summed E-state index contributed by atoms with van der Waals surface area (Å²) in [7, 11) is 5.63. The molecule has 0 fully saturated rings. The van der Waals surface area contributed by atoms with Crippen molar-refractivity contribution in [2.24, 2.45) is 0 Å². The Morgan fingerprint density at radius 1 is 1.29 bits per heavy atom. The first-order chi connectivity index (χ1) is 3.06. The Morgan fingerprint density at radius 2 is 1.71 bits per heavy atom. The molecule has 0 aromatic heterocycles. The lowest BCUT2D eigenvalue weighted by atomic mass is 10.9. The minimum atomic E-state index is 0.483. The molecule has 0 atom stereocenters. The number of rotatable bonds is 2. The summed E-state index contributed by atoms with van der Waals surface area (Å²) < 4.78 is 0.483. The van der Waals surface area contributed by atoms with Gasteiger partial charge >= 0.3 is 0 Å². The van der Waals surface area contributed by atoms with Gasteiger partial charge in [-0.15, -0.1) is 0 Å². The van der Waals surface area contributed by atoms with Crippen molar-refractivity contribution < 1.29 is 9.80 Å². The van der Waals surface area contributed by atoms with E-state index < -0.39 is 0 Å². The van der Waals surface area contributed by atoms with E-state index in [0.717, 1.165) is 0 Å². The zero-order valence-electron chi connectivity index (χ0n) is 4.89. The topological polar surface area (TPSA) is 44.3 Å². The van der Waals surface area contributed by atoms with Crippen LogP contribution in [0.3, 0.4) is 0 Å². The lowest BCUT2D eigenvalue weighted by Crippen LogP contribution is -2.53. The molecule has 4 heteroatoms. The minimum Gasteiger partial charge on any atom is -0.298 e. The van der Waals surface area contributed by atoms with Gasteiger partial charge in [-0.1, -0.05) is 11.1 Å². The zero-order chi connectivity index (χ0) is 5.91. The standard InChI is InChI=1S/C3H12N3O/c1-6(2,3)4-5-7/h4-5,7H,1-3H3/q+1. The number of hydrazine groups is 1. The molecule has 0 saturated heterocycles. The molecule has 44 valence electrons. The molecule has 0 aliphatic rings. The third-order valence-corrected chi connectivity index (χ3v) is 0.385. The van der Waals surface area contributed by atoms with Crippen molar-refractivity contribution in [2.45, 2.75) is 0 Å². The quantitative estimate of drug-likeness (QED) is 0.315. The summed E-state index contributed by atoms with van der Waals surface area (Å²) in [5, 5.41) is 8.03. The minimum absolute atomic E-state index is 0.483. The number of hydrogen-bond acceptors (Lipinski definition) is 3. The highest BCUT2D eigenvalue weighted by molar-refractivity contribution is 3.90. The van der Waals surface area contributed by atoms with Gasteiger partial charge in [0.1, 0.15) is 0 Å². The molecule has 0 rings (SSSR count). The average molecular weight is 106 g/mol. The van der Waals surface area contributed by atoms with Crippen LogP contribution in [0.5, 0.6) is 0 Å². The molecule has 4 nitrogen and oxygen atoms in total. The first kappa shape index (κ1) is 6.84. The fraction of sp³-hybridized carbons (Fsp3) is 1.00. The van der Waals surface area contributed by atoms with E-state index >= 15 is 0 Å². The summed E-state index contributed by atoms with van der Waals surface area (Å²) in [5.74, 6) is 0. The van der Waals surface area contributed by atoms with Gasteiger partial charge in [0.05, 0.1) is 21.1 Å². The molecule has 7 heavy (non-hydrogen) atoms. The highest BCUT2D eigenvalue weighted by Gasteiger charge is 2.01. The Kier molecular flexibility index (Phi) is 2.17. The van der Waals surface area contributed by atoms with E-state index in [0.29, 0.717) is 4.59 Å². The van der Waals surface area contributed by atoms with Gasteiger partial charge in [-0.3, -0.25) is 5.21 Å². The highest BCUT2D eigenvalue weighted by atomic mass is 16.5.